The molecule has 31 heavy (non-hydrogen) atoms. The van der Waals surface area contributed by atoms with E-state index in [0.29, 0.717) is 23.8 Å². The third-order valence-corrected chi connectivity index (χ3v) is 5.13. The number of hydrogen-bond acceptors (Lipinski definition) is 6. The second-order valence-electron chi connectivity index (χ2n) is 7.11. The Labute approximate surface area is 180 Å². The van der Waals surface area contributed by atoms with Gasteiger partial charge in [-0.25, -0.2) is 0 Å². The van der Waals surface area contributed by atoms with E-state index in [9.17, 15) is 5.11 Å². The molecule has 0 aliphatic carbocycles. The highest BCUT2D eigenvalue weighted by Crippen LogP contribution is 2.40. The number of ether oxygens (including phenoxy) is 4. The van der Waals surface area contributed by atoms with Crippen LogP contribution in [-0.4, -0.2) is 50.7 Å². The molecule has 7 heteroatoms. The second kappa shape index (κ2) is 9.06. The van der Waals surface area contributed by atoms with Crippen LogP contribution in [0.25, 0.3) is 21.8 Å². The predicted molar refractivity (Wildman–Crippen MR) is 122 cm³/mol. The molecule has 162 valence electrons. The summed E-state index contributed by atoms with van der Waals surface area (Å²) in [6.07, 6.45) is -0.723. The largest absolute Gasteiger partial charge is 0.493 e. The van der Waals surface area contributed by atoms with Gasteiger partial charge in [0.15, 0.2) is 11.5 Å². The Balaban J connectivity index is 1.44. The second-order valence-corrected chi connectivity index (χ2v) is 7.11. The Morgan fingerprint density at radius 3 is 2.29 bits per heavy atom. The number of benzene rings is 3. The summed E-state index contributed by atoms with van der Waals surface area (Å²) in [4.78, 5) is 3.39. The molecule has 3 aromatic carbocycles. The quantitative estimate of drug-likeness (QED) is 0.375. The zero-order valence-electron chi connectivity index (χ0n) is 17.8. The summed E-state index contributed by atoms with van der Waals surface area (Å²) in [5.41, 5.74) is 2.80. The highest BCUT2D eigenvalue weighted by Gasteiger charge is 2.15. The smallest absolute Gasteiger partial charge is 0.203 e. The average molecular weight is 422 g/mol. The zero-order valence-corrected chi connectivity index (χ0v) is 17.8. The molecule has 0 saturated heterocycles. The van der Waals surface area contributed by atoms with Gasteiger partial charge in [-0.1, -0.05) is 24.3 Å². The maximum atomic E-state index is 10.5. The summed E-state index contributed by atoms with van der Waals surface area (Å²) in [5, 5.41) is 15.8. The van der Waals surface area contributed by atoms with Gasteiger partial charge >= 0.3 is 0 Å². The van der Waals surface area contributed by atoms with Crippen molar-refractivity contribution in [1.29, 1.82) is 0 Å². The Bertz CT molecular complexity index is 1160. The summed E-state index contributed by atoms with van der Waals surface area (Å²) in [6.45, 7) is 0.443. The Morgan fingerprint density at radius 2 is 1.58 bits per heavy atom. The molecule has 0 fully saturated rings. The lowest BCUT2D eigenvalue weighted by Crippen LogP contribution is -2.26. The molecular weight excluding hydrogens is 396 g/mol. The van der Waals surface area contributed by atoms with Crippen LogP contribution in [0, 0.1) is 0 Å². The van der Waals surface area contributed by atoms with E-state index in [2.05, 4.69) is 16.4 Å². The number of H-pyrrole nitrogens is 1. The van der Waals surface area contributed by atoms with E-state index in [0.717, 1.165) is 33.2 Å². The van der Waals surface area contributed by atoms with Crippen molar-refractivity contribution in [3.8, 4) is 23.0 Å². The Hall–Kier alpha value is -3.58. The van der Waals surface area contributed by atoms with Gasteiger partial charge in [-0.2, -0.15) is 0 Å². The monoisotopic (exact) mass is 422 g/mol. The number of rotatable bonds is 9. The molecule has 0 bridgehead atoms. The van der Waals surface area contributed by atoms with Gasteiger partial charge < -0.3 is 34.4 Å². The van der Waals surface area contributed by atoms with Crippen molar-refractivity contribution in [1.82, 2.24) is 4.98 Å². The summed E-state index contributed by atoms with van der Waals surface area (Å²) in [7, 11) is 4.69. The molecule has 4 aromatic rings. The third-order valence-electron chi connectivity index (χ3n) is 5.13. The van der Waals surface area contributed by atoms with Gasteiger partial charge in [-0.05, 0) is 18.2 Å². The molecule has 0 amide bonds. The van der Waals surface area contributed by atoms with Gasteiger partial charge in [0.25, 0.3) is 0 Å². The molecule has 0 radical (unpaired) electrons. The standard InChI is InChI=1S/C24H26N2O5/c1-28-21-11-15(12-22(29-2)24(21)30-3)25-13-16(27)14-31-20-10-6-9-19-23(20)17-7-4-5-8-18(17)26-19/h4-12,16,25-27H,13-14H2,1-3H3. The van der Waals surface area contributed by atoms with Gasteiger partial charge in [-0.15, -0.1) is 0 Å². The number of anilines is 1. The number of methoxy groups -OCH3 is 3. The minimum Gasteiger partial charge on any atom is -0.493 e. The first-order valence-electron chi connectivity index (χ1n) is 9.98. The number of aliphatic hydroxyl groups excluding tert-OH is 1. The minimum absolute atomic E-state index is 0.149. The Kier molecular flexibility index (Phi) is 6.04. The van der Waals surface area contributed by atoms with Crippen LogP contribution in [0.15, 0.2) is 54.6 Å². The van der Waals surface area contributed by atoms with Crippen molar-refractivity contribution in [2.45, 2.75) is 6.10 Å². The lowest BCUT2D eigenvalue weighted by Gasteiger charge is -2.17. The molecule has 1 unspecified atom stereocenters. The summed E-state index contributed by atoms with van der Waals surface area (Å²) >= 11 is 0. The van der Waals surface area contributed by atoms with Gasteiger partial charge in [0, 0.05) is 40.7 Å². The van der Waals surface area contributed by atoms with Crippen molar-refractivity contribution in [2.75, 3.05) is 39.8 Å². The molecule has 1 atom stereocenters. The van der Waals surface area contributed by atoms with Crippen molar-refractivity contribution in [3.63, 3.8) is 0 Å². The number of aliphatic hydroxyl groups is 1. The first-order valence-corrected chi connectivity index (χ1v) is 9.98. The van der Waals surface area contributed by atoms with Crippen LogP contribution in [0.1, 0.15) is 0 Å². The predicted octanol–water partition coefficient (Wildman–Crippen LogP) is 4.20. The van der Waals surface area contributed by atoms with E-state index in [1.807, 2.05) is 36.4 Å². The molecule has 4 rings (SSSR count). The lowest BCUT2D eigenvalue weighted by molar-refractivity contribution is 0.118. The van der Waals surface area contributed by atoms with E-state index >= 15 is 0 Å². The molecule has 1 aromatic heterocycles. The molecule has 0 aliphatic rings. The topological polar surface area (TPSA) is 85.0 Å². The number of hydrogen-bond donors (Lipinski definition) is 3. The number of fused-ring (bicyclic) bond motifs is 3. The van der Waals surface area contributed by atoms with Crippen molar-refractivity contribution >= 4 is 27.5 Å². The maximum absolute atomic E-state index is 10.5. The molecular formula is C24H26N2O5. The van der Waals surface area contributed by atoms with Crippen molar-refractivity contribution in [2.24, 2.45) is 0 Å². The fourth-order valence-corrected chi connectivity index (χ4v) is 3.65. The highest BCUT2D eigenvalue weighted by atomic mass is 16.5. The summed E-state index contributed by atoms with van der Waals surface area (Å²) in [5.74, 6) is 2.34. The highest BCUT2D eigenvalue weighted by molar-refractivity contribution is 6.10. The van der Waals surface area contributed by atoms with Crippen LogP contribution < -0.4 is 24.3 Å². The molecule has 0 spiro atoms. The molecule has 7 nitrogen and oxygen atoms in total. The SMILES string of the molecule is COc1cc(NCC(O)COc2cccc3[nH]c4ccccc4c23)cc(OC)c1OC. The van der Waals surface area contributed by atoms with E-state index in [-0.39, 0.29) is 6.61 Å². The van der Waals surface area contributed by atoms with Crippen LogP contribution in [0.4, 0.5) is 5.69 Å². The normalized spacial score (nSPS) is 12.0. The minimum atomic E-state index is -0.723. The number of nitrogens with one attached hydrogen (secondary N) is 2. The first kappa shape index (κ1) is 20.7. The van der Waals surface area contributed by atoms with Crippen LogP contribution in [0.5, 0.6) is 23.0 Å². The van der Waals surface area contributed by atoms with E-state index in [1.54, 1.807) is 33.5 Å². The maximum Gasteiger partial charge on any atom is 0.203 e. The van der Waals surface area contributed by atoms with Crippen molar-refractivity contribution in [3.05, 3.63) is 54.6 Å². The van der Waals surface area contributed by atoms with Crippen LogP contribution >= 0.6 is 0 Å². The van der Waals surface area contributed by atoms with Gasteiger partial charge in [-0.3, -0.25) is 0 Å². The zero-order chi connectivity index (χ0) is 21.8. The lowest BCUT2D eigenvalue weighted by atomic mass is 10.1. The fourth-order valence-electron chi connectivity index (χ4n) is 3.65. The summed E-state index contributed by atoms with van der Waals surface area (Å²) < 4.78 is 22.0. The van der Waals surface area contributed by atoms with E-state index < -0.39 is 6.10 Å². The van der Waals surface area contributed by atoms with Crippen molar-refractivity contribution < 1.29 is 24.1 Å². The van der Waals surface area contributed by atoms with E-state index in [4.69, 9.17) is 18.9 Å². The fraction of sp³-hybridized carbons (Fsp3) is 0.250. The van der Waals surface area contributed by atoms with Gasteiger partial charge in [0.2, 0.25) is 5.75 Å². The summed E-state index contributed by atoms with van der Waals surface area (Å²) in [6, 6.07) is 17.6. The molecule has 1 heterocycles. The van der Waals surface area contributed by atoms with E-state index in [1.165, 1.54) is 0 Å². The number of aromatic nitrogens is 1. The number of para-hydroxylation sites is 1. The first-order chi connectivity index (χ1) is 15.1. The van der Waals surface area contributed by atoms with Gasteiger partial charge in [0.1, 0.15) is 18.5 Å². The van der Waals surface area contributed by atoms with Crippen LogP contribution in [-0.2, 0) is 0 Å². The average Bonchev–Trinajstić information content (AvgIpc) is 3.19. The van der Waals surface area contributed by atoms with Gasteiger partial charge in [0.05, 0.1) is 26.8 Å². The molecule has 3 N–H and O–H groups in total. The Morgan fingerprint density at radius 1 is 0.871 bits per heavy atom. The van der Waals surface area contributed by atoms with Crippen LogP contribution in [0.2, 0.25) is 0 Å². The third kappa shape index (κ3) is 4.18. The van der Waals surface area contributed by atoms with Crippen LogP contribution in [0.3, 0.4) is 0 Å². The molecule has 0 saturated carbocycles. The number of aromatic amines is 1. The molecule has 0 aliphatic heterocycles.